The van der Waals surface area contributed by atoms with E-state index in [4.69, 9.17) is 9.47 Å². The first-order valence-corrected chi connectivity index (χ1v) is 8.49. The van der Waals surface area contributed by atoms with Crippen molar-refractivity contribution < 1.29 is 27.4 Å². The third-order valence-corrected chi connectivity index (χ3v) is 4.74. The zero-order chi connectivity index (χ0) is 17.2. The molecule has 1 amide bonds. The molecule has 2 saturated heterocycles. The summed E-state index contributed by atoms with van der Waals surface area (Å²) in [5.41, 5.74) is -4.51. The SMILES string of the molecule is O=C(c1cccnc1SC(F)(F)F)N1CCCC(C2OCCO2)C1. The highest BCUT2D eigenvalue weighted by Crippen LogP contribution is 2.38. The molecule has 9 heteroatoms. The van der Waals surface area contributed by atoms with Gasteiger partial charge in [-0.05, 0) is 25.0 Å². The summed E-state index contributed by atoms with van der Waals surface area (Å²) in [5, 5.41) is -0.314. The number of alkyl halides is 3. The average Bonchev–Trinajstić information content (AvgIpc) is 3.08. The second kappa shape index (κ2) is 7.28. The van der Waals surface area contributed by atoms with E-state index in [0.717, 1.165) is 12.8 Å². The number of halogens is 3. The van der Waals surface area contributed by atoms with Crippen molar-refractivity contribution in [3.05, 3.63) is 23.9 Å². The predicted molar refractivity (Wildman–Crippen MR) is 80.5 cm³/mol. The molecule has 1 aromatic heterocycles. The molecule has 2 aliphatic heterocycles. The lowest BCUT2D eigenvalue weighted by Gasteiger charge is -2.35. The normalized spacial score (nSPS) is 22.8. The molecule has 0 saturated carbocycles. The average molecular weight is 362 g/mol. The first kappa shape index (κ1) is 17.5. The summed E-state index contributed by atoms with van der Waals surface area (Å²) >= 11 is -0.362. The van der Waals surface area contributed by atoms with Gasteiger partial charge in [0.1, 0.15) is 5.03 Å². The Kier molecular flexibility index (Phi) is 5.31. The van der Waals surface area contributed by atoms with E-state index in [-0.39, 0.29) is 34.6 Å². The molecule has 0 radical (unpaired) electrons. The van der Waals surface area contributed by atoms with Crippen LogP contribution in [0.2, 0.25) is 0 Å². The van der Waals surface area contributed by atoms with E-state index in [9.17, 15) is 18.0 Å². The van der Waals surface area contributed by atoms with E-state index in [1.54, 1.807) is 4.90 Å². The number of pyridine rings is 1. The van der Waals surface area contributed by atoms with E-state index < -0.39 is 11.4 Å². The summed E-state index contributed by atoms with van der Waals surface area (Å²) in [4.78, 5) is 18.0. The van der Waals surface area contributed by atoms with E-state index >= 15 is 0 Å². The van der Waals surface area contributed by atoms with Crippen LogP contribution in [-0.4, -0.2) is 53.9 Å². The van der Waals surface area contributed by atoms with E-state index in [0.29, 0.717) is 26.3 Å². The number of hydrogen-bond acceptors (Lipinski definition) is 5. The van der Waals surface area contributed by atoms with E-state index in [1.165, 1.54) is 18.3 Å². The lowest BCUT2D eigenvalue weighted by molar-refractivity contribution is -0.0969. The van der Waals surface area contributed by atoms with Crippen LogP contribution >= 0.6 is 11.8 Å². The van der Waals surface area contributed by atoms with Crippen molar-refractivity contribution in [1.29, 1.82) is 0 Å². The lowest BCUT2D eigenvalue weighted by Crippen LogP contribution is -2.44. The second-order valence-corrected chi connectivity index (χ2v) is 6.72. The number of likely N-dealkylation sites (tertiary alicyclic amines) is 1. The van der Waals surface area contributed by atoms with Crippen molar-refractivity contribution in [2.24, 2.45) is 5.92 Å². The molecule has 3 rings (SSSR count). The van der Waals surface area contributed by atoms with Crippen molar-refractivity contribution in [1.82, 2.24) is 9.88 Å². The summed E-state index contributed by atoms with van der Waals surface area (Å²) in [6, 6.07) is 2.86. The number of carbonyl (C=O) groups excluding carboxylic acids is 1. The Hall–Kier alpha value is -1.32. The highest BCUT2D eigenvalue weighted by atomic mass is 32.2. The first-order chi connectivity index (χ1) is 11.4. The molecule has 1 aromatic rings. The molecule has 0 aromatic carbocycles. The number of aromatic nitrogens is 1. The number of nitrogens with zero attached hydrogens (tertiary/aromatic N) is 2. The molecule has 0 aliphatic carbocycles. The highest BCUT2D eigenvalue weighted by molar-refractivity contribution is 8.00. The molecule has 1 unspecified atom stereocenters. The molecule has 5 nitrogen and oxygen atoms in total. The molecule has 132 valence electrons. The minimum Gasteiger partial charge on any atom is -0.350 e. The molecule has 24 heavy (non-hydrogen) atoms. The van der Waals surface area contributed by atoms with Crippen molar-refractivity contribution in [3.63, 3.8) is 0 Å². The van der Waals surface area contributed by atoms with Crippen LogP contribution in [0.5, 0.6) is 0 Å². The maximum atomic E-state index is 12.7. The summed E-state index contributed by atoms with van der Waals surface area (Å²) in [7, 11) is 0. The van der Waals surface area contributed by atoms with Gasteiger partial charge in [-0.25, -0.2) is 4.98 Å². The standard InChI is InChI=1S/C15H17F3N2O3S/c16-15(17,18)24-12-11(4-1-5-19-12)13(21)20-6-2-3-10(9-20)14-22-7-8-23-14/h1,4-5,10,14H,2-3,6-9H2. The summed E-state index contributed by atoms with van der Waals surface area (Å²) in [5.74, 6) is -0.391. The van der Waals surface area contributed by atoms with Gasteiger partial charge in [-0.2, -0.15) is 13.2 Å². The summed E-state index contributed by atoms with van der Waals surface area (Å²) in [6.45, 7) is 1.98. The molecule has 2 aliphatic rings. The Morgan fingerprint density at radius 1 is 1.33 bits per heavy atom. The fourth-order valence-corrected chi connectivity index (χ4v) is 3.58. The fraction of sp³-hybridized carbons (Fsp3) is 0.600. The van der Waals surface area contributed by atoms with Gasteiger partial charge in [-0.1, -0.05) is 0 Å². The Morgan fingerprint density at radius 3 is 2.79 bits per heavy atom. The second-order valence-electron chi connectivity index (χ2n) is 5.67. The minimum atomic E-state index is -4.49. The first-order valence-electron chi connectivity index (χ1n) is 7.67. The Labute approximate surface area is 141 Å². The van der Waals surface area contributed by atoms with E-state index in [2.05, 4.69) is 4.98 Å². The van der Waals surface area contributed by atoms with Crippen LogP contribution < -0.4 is 0 Å². The molecular formula is C15H17F3N2O3S. The molecule has 0 N–H and O–H groups in total. The Bertz CT molecular complexity index is 594. The van der Waals surface area contributed by atoms with Crippen LogP contribution in [0.15, 0.2) is 23.4 Å². The summed E-state index contributed by atoms with van der Waals surface area (Å²) < 4.78 is 49.0. The van der Waals surface area contributed by atoms with Gasteiger partial charge in [-0.3, -0.25) is 4.79 Å². The van der Waals surface area contributed by atoms with Crippen molar-refractivity contribution in [2.75, 3.05) is 26.3 Å². The van der Waals surface area contributed by atoms with E-state index in [1.807, 2.05) is 0 Å². The molecule has 3 heterocycles. The Morgan fingerprint density at radius 2 is 2.08 bits per heavy atom. The number of hydrogen-bond donors (Lipinski definition) is 0. The van der Waals surface area contributed by atoms with Gasteiger partial charge in [0, 0.05) is 37.0 Å². The number of rotatable bonds is 3. The Balaban J connectivity index is 1.74. The number of piperidine rings is 1. The number of thioether (sulfide) groups is 1. The topological polar surface area (TPSA) is 51.7 Å². The smallest absolute Gasteiger partial charge is 0.350 e. The van der Waals surface area contributed by atoms with Crippen LogP contribution in [0.25, 0.3) is 0 Å². The third kappa shape index (κ3) is 4.20. The van der Waals surface area contributed by atoms with Crippen LogP contribution in [-0.2, 0) is 9.47 Å². The fourth-order valence-electron chi connectivity index (χ4n) is 2.98. The zero-order valence-electron chi connectivity index (χ0n) is 12.8. The van der Waals surface area contributed by atoms with Crippen LogP contribution in [0.1, 0.15) is 23.2 Å². The molecule has 2 fully saturated rings. The van der Waals surface area contributed by atoms with Gasteiger partial charge in [0.2, 0.25) is 0 Å². The monoisotopic (exact) mass is 362 g/mol. The number of amides is 1. The van der Waals surface area contributed by atoms with Crippen LogP contribution in [0, 0.1) is 5.92 Å². The van der Waals surface area contributed by atoms with Crippen LogP contribution in [0.3, 0.4) is 0 Å². The van der Waals surface area contributed by atoms with Gasteiger partial charge in [0.15, 0.2) is 6.29 Å². The zero-order valence-corrected chi connectivity index (χ0v) is 13.6. The molecule has 1 atom stereocenters. The largest absolute Gasteiger partial charge is 0.447 e. The van der Waals surface area contributed by atoms with Crippen molar-refractivity contribution >= 4 is 17.7 Å². The lowest BCUT2D eigenvalue weighted by atomic mass is 9.97. The third-order valence-electron chi connectivity index (χ3n) is 3.99. The van der Waals surface area contributed by atoms with Crippen molar-refractivity contribution in [2.45, 2.75) is 29.7 Å². The van der Waals surface area contributed by atoms with Gasteiger partial charge < -0.3 is 14.4 Å². The van der Waals surface area contributed by atoms with Crippen molar-refractivity contribution in [3.8, 4) is 0 Å². The number of ether oxygens (including phenoxy) is 2. The minimum absolute atomic E-state index is 0.0197. The van der Waals surface area contributed by atoms with Gasteiger partial charge in [0.05, 0.1) is 18.8 Å². The van der Waals surface area contributed by atoms with Gasteiger partial charge in [-0.15, -0.1) is 0 Å². The maximum absolute atomic E-state index is 12.7. The predicted octanol–water partition coefficient (Wildman–Crippen LogP) is 2.92. The van der Waals surface area contributed by atoms with Gasteiger partial charge in [0.25, 0.3) is 5.91 Å². The summed E-state index contributed by atoms with van der Waals surface area (Å²) in [6.07, 6.45) is 2.55. The molecule has 0 spiro atoms. The van der Waals surface area contributed by atoms with Gasteiger partial charge >= 0.3 is 5.51 Å². The number of carbonyl (C=O) groups is 1. The maximum Gasteiger partial charge on any atom is 0.447 e. The quantitative estimate of drug-likeness (QED) is 0.774. The molecule has 0 bridgehead atoms. The highest BCUT2D eigenvalue weighted by Gasteiger charge is 2.36. The molecular weight excluding hydrogens is 345 g/mol. The van der Waals surface area contributed by atoms with Crippen LogP contribution in [0.4, 0.5) is 13.2 Å².